The molecular formula is C16H25N3O5S. The first-order valence-electron chi connectivity index (χ1n) is 8.01. The summed E-state index contributed by atoms with van der Waals surface area (Å²) in [5, 5.41) is 2.74. The Labute approximate surface area is 148 Å². The molecule has 0 saturated carbocycles. The Kier molecular flexibility index (Phi) is 6.63. The van der Waals surface area contributed by atoms with E-state index >= 15 is 0 Å². The number of hydrogen-bond acceptors (Lipinski definition) is 6. The topological polar surface area (TPSA) is 88.2 Å². The van der Waals surface area contributed by atoms with Crippen molar-refractivity contribution in [2.45, 2.75) is 13.0 Å². The number of benzene rings is 1. The van der Waals surface area contributed by atoms with Crippen molar-refractivity contribution in [1.29, 1.82) is 0 Å². The minimum absolute atomic E-state index is 0.184. The van der Waals surface area contributed by atoms with Crippen molar-refractivity contribution in [3.05, 3.63) is 23.8 Å². The molecule has 2 rings (SSSR count). The van der Waals surface area contributed by atoms with Crippen LogP contribution in [0.3, 0.4) is 0 Å². The predicted molar refractivity (Wildman–Crippen MR) is 94.0 cm³/mol. The van der Waals surface area contributed by atoms with Gasteiger partial charge in [0.25, 0.3) is 0 Å². The van der Waals surface area contributed by atoms with Gasteiger partial charge in [-0.05, 0) is 44.8 Å². The van der Waals surface area contributed by atoms with Gasteiger partial charge in [-0.15, -0.1) is 0 Å². The Hall–Kier alpha value is -1.84. The zero-order chi connectivity index (χ0) is 18.4. The van der Waals surface area contributed by atoms with Gasteiger partial charge in [-0.1, -0.05) is 6.07 Å². The fourth-order valence-corrected chi connectivity index (χ4v) is 3.21. The molecule has 1 heterocycles. The number of carbonyl (C=O) groups is 1. The van der Waals surface area contributed by atoms with E-state index in [-0.39, 0.29) is 19.2 Å². The van der Waals surface area contributed by atoms with Crippen LogP contribution in [0.2, 0.25) is 0 Å². The van der Waals surface area contributed by atoms with Gasteiger partial charge in [-0.3, -0.25) is 4.79 Å². The van der Waals surface area contributed by atoms with E-state index < -0.39 is 10.0 Å². The minimum Gasteiger partial charge on any atom is -0.454 e. The molecule has 25 heavy (non-hydrogen) atoms. The molecule has 0 radical (unpaired) electrons. The van der Waals surface area contributed by atoms with Gasteiger partial charge >= 0.3 is 0 Å². The van der Waals surface area contributed by atoms with E-state index in [0.717, 1.165) is 18.4 Å². The molecule has 0 bridgehead atoms. The van der Waals surface area contributed by atoms with Crippen LogP contribution in [0.4, 0.5) is 0 Å². The van der Waals surface area contributed by atoms with Crippen LogP contribution < -0.4 is 14.8 Å². The van der Waals surface area contributed by atoms with Crippen LogP contribution in [0, 0.1) is 0 Å². The van der Waals surface area contributed by atoms with E-state index in [4.69, 9.17) is 9.47 Å². The molecule has 0 saturated heterocycles. The van der Waals surface area contributed by atoms with Gasteiger partial charge in [0.05, 0.1) is 12.8 Å². The second kappa shape index (κ2) is 8.50. The van der Waals surface area contributed by atoms with Gasteiger partial charge in [0.15, 0.2) is 11.5 Å². The summed E-state index contributed by atoms with van der Waals surface area (Å²) in [4.78, 5) is 14.1. The van der Waals surface area contributed by atoms with Crippen LogP contribution in [0.1, 0.15) is 12.0 Å². The minimum atomic E-state index is -3.43. The fraction of sp³-hybridized carbons (Fsp3) is 0.562. The SMILES string of the molecule is CN(C)CCCN(CC(=O)NCc1ccc2c(c1)OCO2)S(C)(=O)=O. The molecule has 0 unspecified atom stereocenters. The van der Waals surface area contributed by atoms with Crippen molar-refractivity contribution in [2.75, 3.05) is 46.8 Å². The average Bonchev–Trinajstić information content (AvgIpc) is 2.98. The first kappa shape index (κ1) is 19.5. The van der Waals surface area contributed by atoms with Crippen LogP contribution in [0.15, 0.2) is 18.2 Å². The lowest BCUT2D eigenvalue weighted by atomic mass is 10.2. The molecule has 1 amide bonds. The van der Waals surface area contributed by atoms with Gasteiger partial charge in [0.1, 0.15) is 0 Å². The first-order valence-corrected chi connectivity index (χ1v) is 9.85. The molecule has 0 atom stereocenters. The summed E-state index contributed by atoms with van der Waals surface area (Å²) >= 11 is 0. The molecule has 1 aliphatic heterocycles. The van der Waals surface area contributed by atoms with E-state index in [0.29, 0.717) is 31.0 Å². The summed E-state index contributed by atoms with van der Waals surface area (Å²) in [6.07, 6.45) is 1.78. The Bertz CT molecular complexity index is 706. The molecule has 1 aromatic carbocycles. The third-order valence-electron chi connectivity index (χ3n) is 3.73. The lowest BCUT2D eigenvalue weighted by Gasteiger charge is -2.20. The number of nitrogens with one attached hydrogen (secondary N) is 1. The number of hydrogen-bond donors (Lipinski definition) is 1. The molecule has 0 aliphatic carbocycles. The highest BCUT2D eigenvalue weighted by molar-refractivity contribution is 7.88. The molecule has 140 valence electrons. The van der Waals surface area contributed by atoms with E-state index in [9.17, 15) is 13.2 Å². The smallest absolute Gasteiger partial charge is 0.235 e. The number of carbonyl (C=O) groups excluding carboxylic acids is 1. The zero-order valence-corrected chi connectivity index (χ0v) is 15.6. The van der Waals surface area contributed by atoms with Gasteiger partial charge in [0, 0.05) is 13.1 Å². The quantitative estimate of drug-likeness (QED) is 0.669. The highest BCUT2D eigenvalue weighted by Gasteiger charge is 2.20. The first-order chi connectivity index (χ1) is 11.8. The molecule has 8 nitrogen and oxygen atoms in total. The van der Waals surface area contributed by atoms with Crippen molar-refractivity contribution < 1.29 is 22.7 Å². The lowest BCUT2D eigenvalue weighted by Crippen LogP contribution is -2.41. The number of amides is 1. The largest absolute Gasteiger partial charge is 0.454 e. The molecule has 0 aromatic heterocycles. The summed E-state index contributed by atoms with van der Waals surface area (Å²) in [6, 6.07) is 5.42. The van der Waals surface area contributed by atoms with E-state index in [1.54, 1.807) is 12.1 Å². The Morgan fingerprint density at radius 1 is 1.20 bits per heavy atom. The Morgan fingerprint density at radius 3 is 2.60 bits per heavy atom. The molecular weight excluding hydrogens is 346 g/mol. The zero-order valence-electron chi connectivity index (χ0n) is 14.8. The average molecular weight is 371 g/mol. The van der Waals surface area contributed by atoms with Crippen LogP contribution >= 0.6 is 0 Å². The van der Waals surface area contributed by atoms with Crippen LogP contribution in [0.25, 0.3) is 0 Å². The van der Waals surface area contributed by atoms with Crippen molar-refractivity contribution in [2.24, 2.45) is 0 Å². The molecule has 1 N–H and O–H groups in total. The maximum atomic E-state index is 12.1. The fourth-order valence-electron chi connectivity index (χ4n) is 2.39. The van der Waals surface area contributed by atoms with Crippen LogP contribution in [-0.2, 0) is 21.4 Å². The Balaban J connectivity index is 1.85. The number of fused-ring (bicyclic) bond motifs is 1. The Morgan fingerprint density at radius 2 is 1.92 bits per heavy atom. The van der Waals surface area contributed by atoms with Gasteiger partial charge in [-0.25, -0.2) is 8.42 Å². The summed E-state index contributed by atoms with van der Waals surface area (Å²) in [5.74, 6) is 0.986. The van der Waals surface area contributed by atoms with Gasteiger partial charge < -0.3 is 19.7 Å². The van der Waals surface area contributed by atoms with Crippen LogP contribution in [0.5, 0.6) is 11.5 Å². The highest BCUT2D eigenvalue weighted by atomic mass is 32.2. The lowest BCUT2D eigenvalue weighted by molar-refractivity contribution is -0.121. The predicted octanol–water partition coefficient (Wildman–Crippen LogP) is 0.245. The normalized spacial score (nSPS) is 13.5. The van der Waals surface area contributed by atoms with E-state index in [1.807, 2.05) is 25.1 Å². The molecule has 9 heteroatoms. The van der Waals surface area contributed by atoms with Crippen molar-refractivity contribution in [3.63, 3.8) is 0 Å². The number of sulfonamides is 1. The summed E-state index contributed by atoms with van der Waals surface area (Å²) in [6.45, 7) is 1.38. The van der Waals surface area contributed by atoms with Gasteiger partial charge in [0.2, 0.25) is 22.7 Å². The number of rotatable bonds is 9. The third kappa shape index (κ3) is 6.18. The number of nitrogens with zero attached hydrogens (tertiary/aromatic N) is 2. The second-order valence-corrected chi connectivity index (χ2v) is 8.20. The van der Waals surface area contributed by atoms with E-state index in [2.05, 4.69) is 5.32 Å². The molecule has 1 aliphatic rings. The maximum Gasteiger partial charge on any atom is 0.235 e. The number of ether oxygens (including phenoxy) is 2. The standard InChI is InChI=1S/C16H25N3O5S/c1-18(2)7-4-8-19(25(3,21)22)11-16(20)17-10-13-5-6-14-15(9-13)24-12-23-14/h5-6,9H,4,7-8,10-12H2,1-3H3,(H,17,20). The van der Waals surface area contributed by atoms with Crippen molar-refractivity contribution in [3.8, 4) is 11.5 Å². The van der Waals surface area contributed by atoms with Crippen molar-refractivity contribution >= 4 is 15.9 Å². The van der Waals surface area contributed by atoms with Gasteiger partial charge in [-0.2, -0.15) is 4.31 Å². The van der Waals surface area contributed by atoms with Crippen molar-refractivity contribution in [1.82, 2.24) is 14.5 Å². The van der Waals surface area contributed by atoms with E-state index in [1.165, 1.54) is 4.31 Å². The molecule has 0 spiro atoms. The monoisotopic (exact) mass is 371 g/mol. The third-order valence-corrected chi connectivity index (χ3v) is 4.98. The summed E-state index contributed by atoms with van der Waals surface area (Å²) in [5.41, 5.74) is 0.858. The van der Waals surface area contributed by atoms with Crippen LogP contribution in [-0.4, -0.2) is 70.3 Å². The second-order valence-electron chi connectivity index (χ2n) is 6.22. The highest BCUT2D eigenvalue weighted by Crippen LogP contribution is 2.32. The summed E-state index contributed by atoms with van der Waals surface area (Å²) < 4.78 is 35.4. The maximum absolute atomic E-state index is 12.1. The molecule has 1 aromatic rings. The summed E-state index contributed by atoms with van der Waals surface area (Å²) in [7, 11) is 0.408. The molecule has 0 fully saturated rings.